The van der Waals surface area contributed by atoms with Crippen molar-refractivity contribution in [3.05, 3.63) is 28.3 Å². The van der Waals surface area contributed by atoms with Crippen molar-refractivity contribution in [1.29, 1.82) is 0 Å². The Balaban J connectivity index is 3.40. The van der Waals surface area contributed by atoms with E-state index in [1.54, 1.807) is 0 Å². The highest BCUT2D eigenvalue weighted by atomic mass is 35.5. The van der Waals surface area contributed by atoms with Crippen LogP contribution in [0.2, 0.25) is 5.15 Å². The number of pyridine rings is 1. The van der Waals surface area contributed by atoms with E-state index in [1.807, 2.05) is 0 Å². The minimum absolute atomic E-state index is 0.449. The topological polar surface area (TPSA) is 39.2 Å². The fourth-order valence-electron chi connectivity index (χ4n) is 0.978. The molecular weight excluding hydrogens is 235 g/mol. The van der Waals surface area contributed by atoms with Gasteiger partial charge in [0.15, 0.2) is 0 Å². The smallest absolute Gasteiger partial charge is 0.343 e. The van der Waals surface area contributed by atoms with Crippen molar-refractivity contribution in [2.24, 2.45) is 0 Å². The van der Waals surface area contributed by atoms with Crippen molar-refractivity contribution >= 4 is 17.6 Å². The van der Waals surface area contributed by atoms with Gasteiger partial charge < -0.3 is 4.74 Å². The summed E-state index contributed by atoms with van der Waals surface area (Å²) in [5.74, 6) is -2.59. The summed E-state index contributed by atoms with van der Waals surface area (Å²) in [5.41, 5.74) is -1.73. The average molecular weight is 240 g/mol. The van der Waals surface area contributed by atoms with Gasteiger partial charge in [-0.05, 0) is 6.07 Å². The molecule has 0 radical (unpaired) electrons. The maximum absolute atomic E-state index is 13.1. The van der Waals surface area contributed by atoms with E-state index in [1.165, 1.54) is 0 Å². The molecule has 1 rings (SSSR count). The molecule has 0 fully saturated rings. The summed E-state index contributed by atoms with van der Waals surface area (Å²) in [6.07, 6.45) is -3.03. The molecule has 1 aromatic rings. The number of carbonyl (C=O) groups is 1. The third-order valence-electron chi connectivity index (χ3n) is 1.60. The third-order valence-corrected chi connectivity index (χ3v) is 1.79. The zero-order valence-corrected chi connectivity index (χ0v) is 8.19. The van der Waals surface area contributed by atoms with Crippen LogP contribution in [0.3, 0.4) is 0 Å². The number of rotatable bonds is 2. The van der Waals surface area contributed by atoms with Gasteiger partial charge in [0.1, 0.15) is 10.7 Å². The molecule has 1 aromatic heterocycles. The minimum atomic E-state index is -3.03. The second kappa shape index (κ2) is 4.48. The number of esters is 1. The molecule has 3 nitrogen and oxygen atoms in total. The predicted octanol–water partition coefficient (Wildman–Crippen LogP) is 2.60. The Kier molecular flexibility index (Phi) is 3.52. The molecule has 7 heteroatoms. The van der Waals surface area contributed by atoms with Crippen LogP contribution in [0.25, 0.3) is 0 Å². The Hall–Kier alpha value is -1.30. The third kappa shape index (κ3) is 2.38. The summed E-state index contributed by atoms with van der Waals surface area (Å²) < 4.78 is 42.1. The molecule has 0 aliphatic carbocycles. The number of methoxy groups -OCH3 is 1. The maximum atomic E-state index is 13.1. The van der Waals surface area contributed by atoms with Gasteiger partial charge in [-0.3, -0.25) is 0 Å². The monoisotopic (exact) mass is 239 g/mol. The molecule has 0 atom stereocenters. The standard InChI is InChI=1S/C8H5ClF3NO2/c1-15-8(14)5-3(6(10)11)2-4(9)13-7(5)12/h2,6H,1H3. The van der Waals surface area contributed by atoms with Crippen molar-refractivity contribution in [2.75, 3.05) is 7.11 Å². The molecule has 0 N–H and O–H groups in total. The van der Waals surface area contributed by atoms with E-state index in [2.05, 4.69) is 9.72 Å². The van der Waals surface area contributed by atoms with Crippen LogP contribution in [0.5, 0.6) is 0 Å². The Morgan fingerprint density at radius 2 is 2.20 bits per heavy atom. The Labute approximate surface area is 87.8 Å². The van der Waals surface area contributed by atoms with E-state index < -0.39 is 34.6 Å². The highest BCUT2D eigenvalue weighted by molar-refractivity contribution is 6.29. The Morgan fingerprint density at radius 3 is 2.67 bits per heavy atom. The first kappa shape index (κ1) is 11.8. The number of hydrogen-bond acceptors (Lipinski definition) is 3. The van der Waals surface area contributed by atoms with E-state index in [9.17, 15) is 18.0 Å². The lowest BCUT2D eigenvalue weighted by Crippen LogP contribution is -2.11. The lowest BCUT2D eigenvalue weighted by Gasteiger charge is -2.07. The maximum Gasteiger partial charge on any atom is 0.343 e. The first-order valence-electron chi connectivity index (χ1n) is 3.69. The first-order valence-corrected chi connectivity index (χ1v) is 4.07. The molecule has 0 saturated heterocycles. The van der Waals surface area contributed by atoms with Crippen LogP contribution in [0, 0.1) is 5.95 Å². The summed E-state index contributed by atoms with van der Waals surface area (Å²) in [7, 11) is 0.950. The largest absolute Gasteiger partial charge is 0.465 e. The molecule has 0 aliphatic rings. The number of carbonyl (C=O) groups excluding carboxylic acids is 1. The normalized spacial score (nSPS) is 10.5. The Morgan fingerprint density at radius 1 is 1.60 bits per heavy atom. The van der Waals surface area contributed by atoms with E-state index in [4.69, 9.17) is 11.6 Å². The molecule has 0 aliphatic heterocycles. The molecular formula is C8H5ClF3NO2. The van der Waals surface area contributed by atoms with Crippen molar-refractivity contribution in [1.82, 2.24) is 4.98 Å². The number of aromatic nitrogens is 1. The van der Waals surface area contributed by atoms with Gasteiger partial charge in [0.25, 0.3) is 6.43 Å². The zero-order valence-electron chi connectivity index (χ0n) is 7.43. The SMILES string of the molecule is COC(=O)c1c(C(F)F)cc(Cl)nc1F. The van der Waals surface area contributed by atoms with Gasteiger partial charge in [0, 0.05) is 5.56 Å². The molecule has 0 amide bonds. The fraction of sp³-hybridized carbons (Fsp3) is 0.250. The van der Waals surface area contributed by atoms with Gasteiger partial charge in [0.05, 0.1) is 7.11 Å². The first-order chi connectivity index (χ1) is 6.97. The molecule has 15 heavy (non-hydrogen) atoms. The van der Waals surface area contributed by atoms with Crippen molar-refractivity contribution in [3.63, 3.8) is 0 Å². The summed E-state index contributed by atoms with van der Waals surface area (Å²) in [5, 5.41) is -0.449. The van der Waals surface area contributed by atoms with E-state index >= 15 is 0 Å². The van der Waals surface area contributed by atoms with E-state index in [-0.39, 0.29) is 0 Å². The Bertz CT molecular complexity index is 398. The van der Waals surface area contributed by atoms with Crippen LogP contribution >= 0.6 is 11.6 Å². The molecule has 0 unspecified atom stereocenters. The van der Waals surface area contributed by atoms with Gasteiger partial charge in [-0.25, -0.2) is 18.6 Å². The van der Waals surface area contributed by atoms with E-state index in [0.717, 1.165) is 13.2 Å². The van der Waals surface area contributed by atoms with Crippen LogP contribution in [0.15, 0.2) is 6.07 Å². The van der Waals surface area contributed by atoms with Crippen molar-refractivity contribution < 1.29 is 22.7 Å². The van der Waals surface area contributed by atoms with Gasteiger partial charge >= 0.3 is 5.97 Å². The zero-order chi connectivity index (χ0) is 11.6. The van der Waals surface area contributed by atoms with Crippen LogP contribution in [-0.4, -0.2) is 18.1 Å². The summed E-state index contributed by atoms with van der Waals surface area (Å²) >= 11 is 5.28. The fourth-order valence-corrected chi connectivity index (χ4v) is 1.17. The van der Waals surface area contributed by atoms with E-state index in [0.29, 0.717) is 0 Å². The predicted molar refractivity (Wildman–Crippen MR) is 45.5 cm³/mol. The molecule has 0 bridgehead atoms. The van der Waals surface area contributed by atoms with Gasteiger partial charge in [-0.2, -0.15) is 4.39 Å². The highest BCUT2D eigenvalue weighted by Crippen LogP contribution is 2.27. The summed E-state index contributed by atoms with van der Waals surface area (Å²) in [6.45, 7) is 0. The number of halogens is 4. The molecule has 0 saturated carbocycles. The summed E-state index contributed by atoms with van der Waals surface area (Å²) in [6, 6.07) is 0.724. The second-order valence-corrected chi connectivity index (χ2v) is 2.88. The number of hydrogen-bond donors (Lipinski definition) is 0. The highest BCUT2D eigenvalue weighted by Gasteiger charge is 2.25. The average Bonchev–Trinajstić information content (AvgIpc) is 2.15. The number of alkyl halides is 2. The van der Waals surface area contributed by atoms with Crippen molar-refractivity contribution in [3.8, 4) is 0 Å². The van der Waals surface area contributed by atoms with Crippen LogP contribution in [-0.2, 0) is 4.74 Å². The summed E-state index contributed by atoms with van der Waals surface area (Å²) in [4.78, 5) is 14.0. The van der Waals surface area contributed by atoms with Crippen LogP contribution in [0.1, 0.15) is 22.3 Å². The second-order valence-electron chi connectivity index (χ2n) is 2.49. The minimum Gasteiger partial charge on any atom is -0.465 e. The van der Waals surface area contributed by atoms with Crippen LogP contribution < -0.4 is 0 Å². The quantitative estimate of drug-likeness (QED) is 0.588. The van der Waals surface area contributed by atoms with Gasteiger partial charge in [-0.1, -0.05) is 11.6 Å². The van der Waals surface area contributed by atoms with Gasteiger partial charge in [-0.15, -0.1) is 0 Å². The molecule has 0 aromatic carbocycles. The molecule has 0 spiro atoms. The van der Waals surface area contributed by atoms with Gasteiger partial charge in [0.2, 0.25) is 5.95 Å². The molecule has 82 valence electrons. The van der Waals surface area contributed by atoms with Crippen molar-refractivity contribution in [2.45, 2.75) is 6.43 Å². The lowest BCUT2D eigenvalue weighted by atomic mass is 10.1. The molecule has 1 heterocycles. The lowest BCUT2D eigenvalue weighted by molar-refractivity contribution is 0.0582. The van der Waals surface area contributed by atoms with Crippen LogP contribution in [0.4, 0.5) is 13.2 Å². The number of nitrogens with zero attached hydrogens (tertiary/aromatic N) is 1. The number of ether oxygens (including phenoxy) is 1.